The number of carbonyl (C=O) groups excluding carboxylic acids is 1. The Labute approximate surface area is 162 Å². The average molecular weight is 381 g/mol. The molecule has 0 spiro atoms. The van der Waals surface area contributed by atoms with Crippen molar-refractivity contribution < 1.29 is 23.6 Å². The van der Waals surface area contributed by atoms with E-state index in [9.17, 15) is 4.79 Å². The van der Waals surface area contributed by atoms with E-state index in [1.165, 1.54) is 0 Å². The highest BCUT2D eigenvalue weighted by Gasteiger charge is 2.53. The van der Waals surface area contributed by atoms with Gasteiger partial charge in [-0.05, 0) is 54.9 Å². The first-order valence-electron chi connectivity index (χ1n) is 9.29. The molecule has 1 aliphatic rings. The first-order valence-corrected chi connectivity index (χ1v) is 9.29. The highest BCUT2D eigenvalue weighted by Crippen LogP contribution is 2.37. The van der Waals surface area contributed by atoms with Gasteiger partial charge in [0.25, 0.3) is 0 Å². The molecule has 1 aromatic rings. The van der Waals surface area contributed by atoms with Crippen molar-refractivity contribution in [2.45, 2.75) is 71.7 Å². The van der Waals surface area contributed by atoms with E-state index < -0.39 is 30.0 Å². The number of alkyl carbamates (subject to hydrolysis) is 1. The summed E-state index contributed by atoms with van der Waals surface area (Å²) in [6.45, 7) is 14.4. The number of carbonyl (C=O) groups is 1. The molecule has 27 heavy (non-hydrogen) atoms. The van der Waals surface area contributed by atoms with Gasteiger partial charge in [-0.1, -0.05) is 0 Å². The maximum Gasteiger partial charge on any atom is 0.502 e. The normalized spacial score (nSPS) is 18.4. The standard InChI is InChI=1S/C18H32BN3O5/c1-16(2,3)25-15(23)20-10-9-11-24-14-13(12-22(8)21-14)19-26-17(4,5)18(6,7)27-19/h12H,9-11H2,1-8H3,(H,20,23). The quantitative estimate of drug-likeness (QED) is 0.600. The van der Waals surface area contributed by atoms with Crippen LogP contribution in [0.15, 0.2) is 6.20 Å². The lowest BCUT2D eigenvalue weighted by atomic mass is 9.81. The van der Waals surface area contributed by atoms with Gasteiger partial charge in [-0.15, -0.1) is 5.10 Å². The van der Waals surface area contributed by atoms with E-state index in [-0.39, 0.29) is 0 Å². The Hall–Kier alpha value is -1.74. The summed E-state index contributed by atoms with van der Waals surface area (Å²) in [7, 11) is 1.30. The van der Waals surface area contributed by atoms with Gasteiger partial charge in [-0.2, -0.15) is 0 Å². The topological polar surface area (TPSA) is 83.8 Å². The van der Waals surface area contributed by atoms with Gasteiger partial charge in [0.2, 0.25) is 5.88 Å². The van der Waals surface area contributed by atoms with Crippen molar-refractivity contribution in [3.63, 3.8) is 0 Å². The molecule has 0 aliphatic carbocycles. The molecule has 0 bridgehead atoms. The summed E-state index contributed by atoms with van der Waals surface area (Å²) < 4.78 is 24.8. The van der Waals surface area contributed by atoms with Gasteiger partial charge < -0.3 is 24.1 Å². The molecule has 1 amide bonds. The summed E-state index contributed by atoms with van der Waals surface area (Å²) in [5.74, 6) is 0.480. The molecule has 1 N–H and O–H groups in total. The van der Waals surface area contributed by atoms with Crippen LogP contribution in [0, 0.1) is 0 Å². The van der Waals surface area contributed by atoms with Gasteiger partial charge in [0, 0.05) is 19.8 Å². The highest BCUT2D eigenvalue weighted by molar-refractivity contribution is 6.63. The molecule has 0 aromatic carbocycles. The first-order chi connectivity index (χ1) is 12.3. The Bertz CT molecular complexity index is 650. The second-order valence-electron chi connectivity index (χ2n) is 8.78. The van der Waals surface area contributed by atoms with Crippen molar-refractivity contribution in [1.29, 1.82) is 0 Å². The molecular weight excluding hydrogens is 349 g/mol. The third-order valence-corrected chi connectivity index (χ3v) is 4.56. The minimum Gasteiger partial charge on any atom is -0.477 e. The lowest BCUT2D eigenvalue weighted by molar-refractivity contribution is 0.00578. The number of hydrogen-bond acceptors (Lipinski definition) is 6. The summed E-state index contributed by atoms with van der Waals surface area (Å²) >= 11 is 0. The van der Waals surface area contributed by atoms with E-state index >= 15 is 0 Å². The summed E-state index contributed by atoms with van der Waals surface area (Å²) in [4.78, 5) is 11.6. The number of ether oxygens (including phenoxy) is 2. The van der Waals surface area contributed by atoms with Gasteiger partial charge in [-0.25, -0.2) is 4.79 Å². The van der Waals surface area contributed by atoms with Crippen LogP contribution in [-0.4, -0.2) is 52.9 Å². The van der Waals surface area contributed by atoms with Crippen molar-refractivity contribution in [1.82, 2.24) is 15.1 Å². The molecule has 0 unspecified atom stereocenters. The van der Waals surface area contributed by atoms with Crippen LogP contribution >= 0.6 is 0 Å². The van der Waals surface area contributed by atoms with E-state index in [1.54, 1.807) is 4.68 Å². The maximum atomic E-state index is 11.6. The third-order valence-electron chi connectivity index (χ3n) is 4.56. The van der Waals surface area contributed by atoms with Crippen molar-refractivity contribution >= 4 is 18.7 Å². The van der Waals surface area contributed by atoms with Crippen LogP contribution < -0.4 is 15.5 Å². The van der Waals surface area contributed by atoms with Crippen molar-refractivity contribution in [2.75, 3.05) is 13.2 Å². The van der Waals surface area contributed by atoms with Crippen LogP contribution in [0.5, 0.6) is 5.88 Å². The van der Waals surface area contributed by atoms with Gasteiger partial charge >= 0.3 is 13.2 Å². The predicted molar refractivity (Wildman–Crippen MR) is 103 cm³/mol. The van der Waals surface area contributed by atoms with E-state index in [2.05, 4.69) is 10.4 Å². The van der Waals surface area contributed by atoms with Crippen LogP contribution in [0.3, 0.4) is 0 Å². The molecule has 0 saturated carbocycles. The van der Waals surface area contributed by atoms with Gasteiger partial charge in [0.05, 0.1) is 23.3 Å². The Morgan fingerprint density at radius 1 is 1.26 bits per heavy atom. The third kappa shape index (κ3) is 5.62. The van der Waals surface area contributed by atoms with Crippen LogP contribution in [0.1, 0.15) is 54.9 Å². The van der Waals surface area contributed by atoms with Crippen molar-refractivity contribution in [2.24, 2.45) is 7.05 Å². The zero-order chi connectivity index (χ0) is 20.5. The average Bonchev–Trinajstić information content (AvgIpc) is 2.94. The van der Waals surface area contributed by atoms with E-state index in [0.717, 1.165) is 5.46 Å². The van der Waals surface area contributed by atoms with E-state index in [1.807, 2.05) is 61.7 Å². The molecule has 1 aromatic heterocycles. The molecular formula is C18H32BN3O5. The number of hydrogen-bond donors (Lipinski definition) is 1. The second-order valence-corrected chi connectivity index (χ2v) is 8.78. The molecule has 1 fully saturated rings. The van der Waals surface area contributed by atoms with Gasteiger partial charge in [-0.3, -0.25) is 4.68 Å². The number of nitrogens with one attached hydrogen (secondary N) is 1. The second kappa shape index (κ2) is 7.71. The lowest BCUT2D eigenvalue weighted by Gasteiger charge is -2.32. The molecule has 1 saturated heterocycles. The molecule has 2 heterocycles. The number of amides is 1. The Balaban J connectivity index is 1.86. The zero-order valence-corrected chi connectivity index (χ0v) is 17.7. The van der Waals surface area contributed by atoms with Crippen molar-refractivity contribution in [3.05, 3.63) is 6.20 Å². The van der Waals surface area contributed by atoms with Crippen LogP contribution in [-0.2, 0) is 21.1 Å². The monoisotopic (exact) mass is 381 g/mol. The molecule has 0 radical (unpaired) electrons. The fourth-order valence-electron chi connectivity index (χ4n) is 2.48. The summed E-state index contributed by atoms with van der Waals surface area (Å²) in [6.07, 6.45) is 2.04. The number of rotatable bonds is 6. The zero-order valence-electron chi connectivity index (χ0n) is 17.7. The van der Waals surface area contributed by atoms with Gasteiger partial charge in [0.1, 0.15) is 5.60 Å². The number of nitrogens with zero attached hydrogens (tertiary/aromatic N) is 2. The Morgan fingerprint density at radius 2 is 1.85 bits per heavy atom. The Morgan fingerprint density at radius 3 is 2.41 bits per heavy atom. The molecule has 1 aliphatic heterocycles. The summed E-state index contributed by atoms with van der Waals surface area (Å²) in [5, 5.41) is 7.06. The van der Waals surface area contributed by atoms with Crippen molar-refractivity contribution in [3.8, 4) is 5.88 Å². The van der Waals surface area contributed by atoms with Crippen LogP contribution in [0.2, 0.25) is 0 Å². The van der Waals surface area contributed by atoms with E-state index in [0.29, 0.717) is 25.5 Å². The van der Waals surface area contributed by atoms with Crippen LogP contribution in [0.4, 0.5) is 4.79 Å². The fraction of sp³-hybridized carbons (Fsp3) is 0.778. The molecule has 2 rings (SSSR count). The first kappa shape index (κ1) is 21.6. The molecule has 9 heteroatoms. The fourth-order valence-corrected chi connectivity index (χ4v) is 2.48. The maximum absolute atomic E-state index is 11.6. The SMILES string of the molecule is Cn1cc(B2OC(C)(C)C(C)(C)O2)c(OCCCNC(=O)OC(C)(C)C)n1. The van der Waals surface area contributed by atoms with Gasteiger partial charge in [0.15, 0.2) is 0 Å². The smallest absolute Gasteiger partial charge is 0.477 e. The minimum atomic E-state index is -0.529. The largest absolute Gasteiger partial charge is 0.502 e. The lowest BCUT2D eigenvalue weighted by Crippen LogP contribution is -2.41. The molecule has 0 atom stereocenters. The Kier molecular flexibility index (Phi) is 6.16. The molecule has 152 valence electrons. The predicted octanol–water partition coefficient (Wildman–Crippen LogP) is 2.01. The summed E-state index contributed by atoms with van der Waals surface area (Å²) in [5.41, 5.74) is -0.604. The highest BCUT2D eigenvalue weighted by atomic mass is 16.7. The van der Waals surface area contributed by atoms with Crippen LogP contribution in [0.25, 0.3) is 0 Å². The molecule has 8 nitrogen and oxygen atoms in total. The number of aromatic nitrogens is 2. The minimum absolute atomic E-state index is 0.402. The number of aryl methyl sites for hydroxylation is 1. The summed E-state index contributed by atoms with van der Waals surface area (Å²) in [6, 6.07) is 0. The van der Waals surface area contributed by atoms with E-state index in [4.69, 9.17) is 18.8 Å².